The Kier molecular flexibility index (Phi) is 8.54. The molecule has 0 aliphatic heterocycles. The molecule has 0 aliphatic carbocycles. The molecule has 2 heterocycles. The molecule has 0 aliphatic rings. The quantitative estimate of drug-likeness (QED) is 0.244. The third-order valence-electron chi connectivity index (χ3n) is 5.78. The van der Waals surface area contributed by atoms with E-state index in [9.17, 15) is 30.8 Å². The zero-order chi connectivity index (χ0) is 30.8. The van der Waals surface area contributed by atoms with Crippen LogP contribution < -0.4 is 19.7 Å². The van der Waals surface area contributed by atoms with Gasteiger partial charge in [0.1, 0.15) is 33.9 Å². The monoisotopic (exact) mass is 624 g/mol. The van der Waals surface area contributed by atoms with Crippen molar-refractivity contribution in [2.45, 2.75) is 18.0 Å². The van der Waals surface area contributed by atoms with Gasteiger partial charge in [0.25, 0.3) is 10.0 Å². The van der Waals surface area contributed by atoms with E-state index in [0.717, 1.165) is 17.2 Å². The molecule has 16 heteroatoms. The second-order valence-corrected chi connectivity index (χ2v) is 10.6. The van der Waals surface area contributed by atoms with Gasteiger partial charge in [-0.05, 0) is 55.0 Å². The number of nitrogens with zero attached hydrogens (tertiary/aromatic N) is 4. The number of hydrogen-bond acceptors (Lipinski definition) is 7. The topological polar surface area (TPSA) is 126 Å². The second kappa shape index (κ2) is 11.8. The molecule has 0 radical (unpaired) electrons. The molecule has 0 saturated carbocycles. The fourth-order valence-electron chi connectivity index (χ4n) is 3.83. The molecule has 2 N–H and O–H groups in total. The first-order chi connectivity index (χ1) is 19.7. The number of methoxy groups -OCH3 is 1. The number of nitrogens with one attached hydrogen (secondary N) is 2. The Hall–Kier alpha value is -4.50. The Morgan fingerprint density at radius 2 is 1.81 bits per heavy atom. The number of hydrogen-bond donors (Lipinski definition) is 2. The van der Waals surface area contributed by atoms with Gasteiger partial charge in [-0.1, -0.05) is 17.7 Å². The van der Waals surface area contributed by atoms with Gasteiger partial charge < -0.3 is 10.1 Å². The van der Waals surface area contributed by atoms with Crippen LogP contribution in [0.2, 0.25) is 5.02 Å². The van der Waals surface area contributed by atoms with E-state index in [1.807, 2.05) is 0 Å². The maximum Gasteiger partial charge on any atom is 0.419 e. The number of sulfonamides is 1. The summed E-state index contributed by atoms with van der Waals surface area (Å²) in [4.78, 5) is 25.8. The lowest BCUT2D eigenvalue weighted by molar-refractivity contribution is -0.139. The number of alkyl halides is 3. The minimum atomic E-state index is -4.94. The highest BCUT2D eigenvalue weighted by Gasteiger charge is 2.34. The lowest BCUT2D eigenvalue weighted by atomic mass is 10.0. The lowest BCUT2D eigenvalue weighted by Gasteiger charge is -2.24. The van der Waals surface area contributed by atoms with E-state index in [-0.39, 0.29) is 44.1 Å². The minimum absolute atomic E-state index is 0.00446. The highest BCUT2D eigenvalue weighted by atomic mass is 35.5. The summed E-state index contributed by atoms with van der Waals surface area (Å²) in [5, 5.41) is 2.33. The van der Waals surface area contributed by atoms with Crippen LogP contribution >= 0.6 is 11.6 Å². The van der Waals surface area contributed by atoms with Gasteiger partial charge in [-0.25, -0.2) is 37.5 Å². The summed E-state index contributed by atoms with van der Waals surface area (Å²) >= 11 is 6.44. The van der Waals surface area contributed by atoms with Crippen LogP contribution in [0.4, 0.5) is 39.7 Å². The van der Waals surface area contributed by atoms with Crippen LogP contribution in [0.15, 0.2) is 65.8 Å². The van der Waals surface area contributed by atoms with Crippen molar-refractivity contribution in [3.63, 3.8) is 0 Å². The number of carbonyl (C=O) groups excluding carboxylic acids is 1. The van der Waals surface area contributed by atoms with Gasteiger partial charge in [0.2, 0.25) is 0 Å². The highest BCUT2D eigenvalue weighted by molar-refractivity contribution is 7.92. The number of rotatable bonds is 7. The average Bonchev–Trinajstić information content (AvgIpc) is 2.93. The molecule has 0 unspecified atom stereocenters. The maximum absolute atomic E-state index is 13.9. The summed E-state index contributed by atoms with van der Waals surface area (Å²) in [6, 6.07) is 8.06. The molecule has 2 aromatic carbocycles. The van der Waals surface area contributed by atoms with Crippen LogP contribution in [-0.2, 0) is 16.2 Å². The minimum Gasteiger partial charge on any atom is -0.495 e. The van der Waals surface area contributed by atoms with Gasteiger partial charge in [0.15, 0.2) is 0 Å². The van der Waals surface area contributed by atoms with Crippen molar-refractivity contribution in [1.29, 1.82) is 0 Å². The molecule has 0 fully saturated rings. The number of carbonyl (C=O) groups is 1. The van der Waals surface area contributed by atoms with Gasteiger partial charge >= 0.3 is 12.2 Å². The number of aromatic nitrogens is 3. The molecule has 0 atom stereocenters. The van der Waals surface area contributed by atoms with E-state index in [1.54, 1.807) is 6.92 Å². The highest BCUT2D eigenvalue weighted by Crippen LogP contribution is 2.42. The summed E-state index contributed by atoms with van der Waals surface area (Å²) in [7, 11) is -1.52. The Bertz CT molecular complexity index is 1760. The molecule has 4 rings (SSSR count). The van der Waals surface area contributed by atoms with Crippen LogP contribution in [0.25, 0.3) is 11.1 Å². The van der Waals surface area contributed by atoms with Crippen molar-refractivity contribution in [2.24, 2.45) is 0 Å². The standard InChI is InChI=1S/C26H21ClF4N6O4S/c1-14-33-9-8-23(35-14)36-42(39,40)16-5-7-24(34-13-16)37(25(38)32-2)21-12-19(27)17(11-22(21)41-3)15-4-6-20(28)18(10-15)26(29,30)31/h4-13H,1-3H3,(H,32,38)(H,33,35,36). The molecule has 42 heavy (non-hydrogen) atoms. The van der Waals surface area contributed by atoms with Gasteiger partial charge in [0, 0.05) is 25.0 Å². The molecule has 10 nitrogen and oxygen atoms in total. The van der Waals surface area contributed by atoms with E-state index in [0.29, 0.717) is 18.0 Å². The van der Waals surface area contributed by atoms with Crippen LogP contribution in [0, 0.1) is 12.7 Å². The van der Waals surface area contributed by atoms with Gasteiger partial charge in [-0.15, -0.1) is 0 Å². The normalized spacial score (nSPS) is 11.6. The number of pyridine rings is 1. The zero-order valence-corrected chi connectivity index (χ0v) is 23.6. The average molecular weight is 625 g/mol. The first-order valence-electron chi connectivity index (χ1n) is 11.8. The summed E-state index contributed by atoms with van der Waals surface area (Å²) in [6.07, 6.45) is -2.54. The molecule has 0 saturated heterocycles. The van der Waals surface area contributed by atoms with E-state index >= 15 is 0 Å². The van der Waals surface area contributed by atoms with Crippen molar-refractivity contribution in [2.75, 3.05) is 23.8 Å². The van der Waals surface area contributed by atoms with Crippen molar-refractivity contribution in [1.82, 2.24) is 20.3 Å². The van der Waals surface area contributed by atoms with Gasteiger partial charge in [-0.3, -0.25) is 4.72 Å². The smallest absolute Gasteiger partial charge is 0.419 e. The van der Waals surface area contributed by atoms with Gasteiger partial charge in [0.05, 0.1) is 23.4 Å². The molecule has 2 amide bonds. The number of halogens is 5. The molecule has 4 aromatic rings. The summed E-state index contributed by atoms with van der Waals surface area (Å²) < 4.78 is 87.2. The zero-order valence-electron chi connectivity index (χ0n) is 22.0. The van der Waals surface area contributed by atoms with Crippen molar-refractivity contribution in [3.05, 3.63) is 83.2 Å². The van der Waals surface area contributed by atoms with E-state index in [2.05, 4.69) is 25.0 Å². The summed E-state index contributed by atoms with van der Waals surface area (Å²) in [5.74, 6) is -1.11. The van der Waals surface area contributed by atoms with E-state index in [4.69, 9.17) is 16.3 Å². The molecular formula is C26H21ClF4N6O4S. The van der Waals surface area contributed by atoms with Crippen molar-refractivity contribution < 1.29 is 35.5 Å². The van der Waals surface area contributed by atoms with Crippen LogP contribution in [0.1, 0.15) is 11.4 Å². The third kappa shape index (κ3) is 6.36. The third-order valence-corrected chi connectivity index (χ3v) is 7.44. The molecule has 2 aromatic heterocycles. The van der Waals surface area contributed by atoms with Crippen LogP contribution in [-0.4, -0.2) is 43.6 Å². The number of aryl methyl sites for hydroxylation is 1. The van der Waals surface area contributed by atoms with E-state index < -0.39 is 33.6 Å². The fraction of sp³-hybridized carbons (Fsp3) is 0.154. The number of ether oxygens (including phenoxy) is 1. The predicted octanol–water partition coefficient (Wildman–Crippen LogP) is 5.95. The van der Waals surface area contributed by atoms with Crippen LogP contribution in [0.5, 0.6) is 5.75 Å². The van der Waals surface area contributed by atoms with E-state index in [1.165, 1.54) is 50.7 Å². The summed E-state index contributed by atoms with van der Waals surface area (Å²) in [5.41, 5.74) is -1.43. The maximum atomic E-state index is 13.9. The molecule has 220 valence electrons. The first kappa shape index (κ1) is 30.5. The number of amides is 2. The Labute approximate surface area is 242 Å². The van der Waals surface area contributed by atoms with Crippen LogP contribution in [0.3, 0.4) is 0 Å². The first-order valence-corrected chi connectivity index (χ1v) is 13.7. The Morgan fingerprint density at radius 3 is 2.40 bits per heavy atom. The second-order valence-electron chi connectivity index (χ2n) is 8.53. The predicted molar refractivity (Wildman–Crippen MR) is 147 cm³/mol. The Balaban J connectivity index is 1.74. The molecule has 0 bridgehead atoms. The number of urea groups is 1. The van der Waals surface area contributed by atoms with Crippen molar-refractivity contribution in [3.8, 4) is 16.9 Å². The lowest BCUT2D eigenvalue weighted by Crippen LogP contribution is -2.35. The largest absolute Gasteiger partial charge is 0.495 e. The Morgan fingerprint density at radius 1 is 1.07 bits per heavy atom. The molecular weight excluding hydrogens is 604 g/mol. The number of benzene rings is 2. The number of anilines is 3. The fourth-order valence-corrected chi connectivity index (χ4v) is 5.05. The van der Waals surface area contributed by atoms with Crippen molar-refractivity contribution >= 4 is 45.0 Å². The van der Waals surface area contributed by atoms with Gasteiger partial charge in [-0.2, -0.15) is 13.2 Å². The molecule has 0 spiro atoms. The SMILES string of the molecule is CNC(=O)N(c1ccc(S(=O)(=O)Nc2ccnc(C)n2)cn1)c1cc(Cl)c(-c2ccc(F)c(C(F)(F)F)c2)cc1OC. The summed E-state index contributed by atoms with van der Waals surface area (Å²) in [6.45, 7) is 1.59.